The molecule has 2 N–H and O–H groups in total. The summed E-state index contributed by atoms with van der Waals surface area (Å²) in [6.07, 6.45) is 0.800. The van der Waals surface area contributed by atoms with Crippen LogP contribution in [0.25, 0.3) is 0 Å². The van der Waals surface area contributed by atoms with Crippen molar-refractivity contribution < 1.29 is 5.11 Å². The van der Waals surface area contributed by atoms with E-state index in [1.54, 1.807) is 11.8 Å². The van der Waals surface area contributed by atoms with Crippen LogP contribution in [0, 0.1) is 0 Å². The molecule has 1 atom stereocenters. The minimum atomic E-state index is 0.235. The Morgan fingerprint density at radius 3 is 2.62 bits per heavy atom. The quantitative estimate of drug-likeness (QED) is 0.739. The van der Waals surface area contributed by atoms with Crippen LogP contribution < -0.4 is 5.32 Å². The van der Waals surface area contributed by atoms with Gasteiger partial charge in [-0.2, -0.15) is 0 Å². The molecule has 1 unspecified atom stereocenters. The van der Waals surface area contributed by atoms with Crippen LogP contribution in [0.5, 0.6) is 0 Å². The lowest BCUT2D eigenvalue weighted by Crippen LogP contribution is -2.31. The fourth-order valence-electron chi connectivity index (χ4n) is 1.42. The molecule has 0 amide bonds. The van der Waals surface area contributed by atoms with Gasteiger partial charge in [0.2, 0.25) is 0 Å². The maximum atomic E-state index is 8.93. The lowest BCUT2D eigenvalue weighted by atomic mass is 10.2. The first kappa shape index (κ1) is 13.8. The van der Waals surface area contributed by atoms with Crippen LogP contribution in [0.4, 0.5) is 0 Å². The van der Waals surface area contributed by atoms with Crippen molar-refractivity contribution in [1.29, 1.82) is 0 Å². The molecule has 0 spiro atoms. The number of aliphatic hydroxyl groups is 1. The van der Waals surface area contributed by atoms with Crippen LogP contribution >= 0.6 is 23.4 Å². The van der Waals surface area contributed by atoms with Gasteiger partial charge < -0.3 is 10.4 Å². The summed E-state index contributed by atoms with van der Waals surface area (Å²) in [4.78, 5) is 1.21. The number of thioether (sulfide) groups is 1. The first-order valence-corrected chi connectivity index (χ1v) is 6.85. The second-order valence-corrected chi connectivity index (χ2v) is 5.06. The SMILES string of the molecule is CCNC(CCO)CSc1ccc(Cl)cc1. The molecule has 0 aliphatic rings. The van der Waals surface area contributed by atoms with Gasteiger partial charge in [0.05, 0.1) is 0 Å². The summed E-state index contributed by atoms with van der Waals surface area (Å²) < 4.78 is 0. The number of hydrogen-bond acceptors (Lipinski definition) is 3. The summed E-state index contributed by atoms with van der Waals surface area (Å²) in [5.41, 5.74) is 0. The van der Waals surface area contributed by atoms with Gasteiger partial charge in [-0.15, -0.1) is 11.8 Å². The highest BCUT2D eigenvalue weighted by molar-refractivity contribution is 7.99. The number of benzene rings is 1. The summed E-state index contributed by atoms with van der Waals surface area (Å²) in [6.45, 7) is 3.25. The Hall–Kier alpha value is -0.220. The Balaban J connectivity index is 2.38. The third-order valence-corrected chi connectivity index (χ3v) is 3.66. The van der Waals surface area contributed by atoms with Crippen LogP contribution in [0.1, 0.15) is 13.3 Å². The van der Waals surface area contributed by atoms with Crippen molar-refractivity contribution in [3.63, 3.8) is 0 Å². The lowest BCUT2D eigenvalue weighted by molar-refractivity contribution is 0.271. The van der Waals surface area contributed by atoms with E-state index in [2.05, 4.69) is 12.2 Å². The van der Waals surface area contributed by atoms with Crippen LogP contribution in [0.2, 0.25) is 5.02 Å². The number of nitrogens with one attached hydrogen (secondary N) is 1. The zero-order valence-corrected chi connectivity index (χ0v) is 11.0. The van der Waals surface area contributed by atoms with Crippen molar-refractivity contribution in [2.45, 2.75) is 24.3 Å². The highest BCUT2D eigenvalue weighted by Crippen LogP contribution is 2.21. The maximum Gasteiger partial charge on any atom is 0.0446 e. The zero-order chi connectivity index (χ0) is 11.8. The zero-order valence-electron chi connectivity index (χ0n) is 9.45. The Bertz CT molecular complexity index is 286. The van der Waals surface area contributed by atoms with Gasteiger partial charge in [-0.3, -0.25) is 0 Å². The summed E-state index contributed by atoms with van der Waals surface area (Å²) in [5.74, 6) is 0.968. The molecular formula is C12H18ClNOS. The van der Waals surface area contributed by atoms with E-state index in [1.807, 2.05) is 24.3 Å². The Kier molecular flexibility index (Phi) is 6.88. The Morgan fingerprint density at radius 2 is 2.06 bits per heavy atom. The average molecular weight is 260 g/mol. The minimum Gasteiger partial charge on any atom is -0.396 e. The normalized spacial score (nSPS) is 12.7. The molecule has 0 saturated heterocycles. The van der Waals surface area contributed by atoms with E-state index in [0.29, 0.717) is 6.04 Å². The van der Waals surface area contributed by atoms with Crippen LogP contribution in [-0.4, -0.2) is 30.1 Å². The van der Waals surface area contributed by atoms with E-state index in [9.17, 15) is 0 Å². The standard InChI is InChI=1S/C12H18ClNOS/c1-2-14-11(7-8-15)9-16-12-5-3-10(13)4-6-12/h3-6,11,14-15H,2,7-9H2,1H3. The minimum absolute atomic E-state index is 0.235. The molecule has 16 heavy (non-hydrogen) atoms. The topological polar surface area (TPSA) is 32.3 Å². The monoisotopic (exact) mass is 259 g/mol. The molecule has 0 aliphatic carbocycles. The first-order valence-electron chi connectivity index (χ1n) is 5.49. The highest BCUT2D eigenvalue weighted by atomic mass is 35.5. The summed E-state index contributed by atoms with van der Waals surface area (Å²) in [6, 6.07) is 8.22. The van der Waals surface area contributed by atoms with Gasteiger partial charge >= 0.3 is 0 Å². The van der Waals surface area contributed by atoms with E-state index >= 15 is 0 Å². The fourth-order valence-corrected chi connectivity index (χ4v) is 2.55. The Morgan fingerprint density at radius 1 is 1.38 bits per heavy atom. The summed E-state index contributed by atoms with van der Waals surface area (Å²) >= 11 is 7.60. The largest absolute Gasteiger partial charge is 0.396 e. The van der Waals surface area contributed by atoms with Gasteiger partial charge in [0, 0.05) is 28.3 Å². The molecule has 1 aromatic rings. The summed E-state index contributed by atoms with van der Waals surface area (Å²) in [5, 5.41) is 13.1. The van der Waals surface area contributed by atoms with Crippen molar-refractivity contribution in [1.82, 2.24) is 5.32 Å². The second-order valence-electron chi connectivity index (χ2n) is 3.53. The number of hydrogen-bond donors (Lipinski definition) is 2. The molecule has 90 valence electrons. The molecule has 4 heteroatoms. The molecular weight excluding hydrogens is 242 g/mol. The lowest BCUT2D eigenvalue weighted by Gasteiger charge is -2.16. The van der Waals surface area contributed by atoms with Gasteiger partial charge in [0.25, 0.3) is 0 Å². The van der Waals surface area contributed by atoms with E-state index < -0.39 is 0 Å². The van der Waals surface area contributed by atoms with Crippen LogP contribution in [-0.2, 0) is 0 Å². The van der Waals surface area contributed by atoms with Gasteiger partial charge in [-0.05, 0) is 37.2 Å². The van der Waals surface area contributed by atoms with E-state index in [0.717, 1.165) is 23.7 Å². The molecule has 0 fully saturated rings. The predicted molar refractivity (Wildman–Crippen MR) is 71.3 cm³/mol. The number of rotatable bonds is 7. The second kappa shape index (κ2) is 7.96. The average Bonchev–Trinajstić information content (AvgIpc) is 2.29. The molecule has 2 nitrogen and oxygen atoms in total. The highest BCUT2D eigenvalue weighted by Gasteiger charge is 2.06. The van der Waals surface area contributed by atoms with Crippen molar-refractivity contribution >= 4 is 23.4 Å². The van der Waals surface area contributed by atoms with E-state index in [-0.39, 0.29) is 6.61 Å². The van der Waals surface area contributed by atoms with E-state index in [4.69, 9.17) is 16.7 Å². The number of halogens is 1. The molecule has 0 heterocycles. The molecule has 0 saturated carbocycles. The van der Waals surface area contributed by atoms with E-state index in [1.165, 1.54) is 4.90 Å². The van der Waals surface area contributed by atoms with Gasteiger partial charge in [0.15, 0.2) is 0 Å². The van der Waals surface area contributed by atoms with Crippen LogP contribution in [0.15, 0.2) is 29.2 Å². The van der Waals surface area contributed by atoms with Gasteiger partial charge in [-0.25, -0.2) is 0 Å². The smallest absolute Gasteiger partial charge is 0.0446 e. The van der Waals surface area contributed by atoms with Crippen LogP contribution in [0.3, 0.4) is 0 Å². The maximum absolute atomic E-state index is 8.93. The first-order chi connectivity index (χ1) is 7.76. The number of aliphatic hydroxyl groups excluding tert-OH is 1. The fraction of sp³-hybridized carbons (Fsp3) is 0.500. The third-order valence-electron chi connectivity index (χ3n) is 2.24. The molecule has 0 bridgehead atoms. The van der Waals surface area contributed by atoms with Crippen molar-refractivity contribution in [3.05, 3.63) is 29.3 Å². The molecule has 0 aromatic heterocycles. The van der Waals surface area contributed by atoms with Gasteiger partial charge in [-0.1, -0.05) is 18.5 Å². The Labute approximate surface area is 106 Å². The third kappa shape index (κ3) is 5.21. The molecule has 0 radical (unpaired) electrons. The molecule has 1 aromatic carbocycles. The summed E-state index contributed by atoms with van der Waals surface area (Å²) in [7, 11) is 0. The van der Waals surface area contributed by atoms with Crippen molar-refractivity contribution in [2.24, 2.45) is 0 Å². The van der Waals surface area contributed by atoms with Crippen molar-refractivity contribution in [3.8, 4) is 0 Å². The molecule has 0 aliphatic heterocycles. The predicted octanol–water partition coefficient (Wildman–Crippen LogP) is 2.79. The van der Waals surface area contributed by atoms with Crippen molar-refractivity contribution in [2.75, 3.05) is 18.9 Å². The van der Waals surface area contributed by atoms with Gasteiger partial charge in [0.1, 0.15) is 0 Å². The molecule has 1 rings (SSSR count).